The monoisotopic (exact) mass is 207 g/mol. The molecule has 1 aromatic rings. The van der Waals surface area contributed by atoms with Gasteiger partial charge in [-0.05, 0) is 31.1 Å². The molecule has 2 aliphatic rings. The highest BCUT2D eigenvalue weighted by Crippen LogP contribution is 2.53. The molecule has 4 heteroatoms. The number of carboxylic acid groups (broad SMARTS) is 1. The van der Waals surface area contributed by atoms with Gasteiger partial charge in [-0.2, -0.15) is 0 Å². The van der Waals surface area contributed by atoms with Crippen molar-refractivity contribution in [3.05, 3.63) is 17.8 Å². The first-order valence-corrected chi connectivity index (χ1v) is 5.42. The number of rotatable bonds is 2. The van der Waals surface area contributed by atoms with E-state index < -0.39 is 5.97 Å². The number of hydrogen-bond acceptors (Lipinski definition) is 3. The zero-order valence-corrected chi connectivity index (χ0v) is 8.35. The Morgan fingerprint density at radius 2 is 2.33 bits per heavy atom. The van der Waals surface area contributed by atoms with Crippen LogP contribution >= 0.6 is 0 Å². The number of carboxylic acids is 1. The number of aromatic nitrogens is 1. The van der Waals surface area contributed by atoms with E-state index in [1.54, 1.807) is 0 Å². The van der Waals surface area contributed by atoms with E-state index in [4.69, 9.17) is 9.52 Å². The molecule has 1 aromatic heterocycles. The lowest BCUT2D eigenvalue weighted by atomic mass is 9.86. The van der Waals surface area contributed by atoms with Gasteiger partial charge in [-0.1, -0.05) is 6.42 Å². The average molecular weight is 207 g/mol. The van der Waals surface area contributed by atoms with Crippen molar-refractivity contribution >= 4 is 5.97 Å². The molecule has 1 N–H and O–H groups in total. The van der Waals surface area contributed by atoms with Crippen LogP contribution < -0.4 is 0 Å². The molecule has 80 valence electrons. The summed E-state index contributed by atoms with van der Waals surface area (Å²) in [5, 5.41) is 8.96. The summed E-state index contributed by atoms with van der Waals surface area (Å²) in [4.78, 5) is 14.7. The van der Waals surface area contributed by atoms with Gasteiger partial charge in [-0.25, -0.2) is 9.78 Å². The highest BCUT2D eigenvalue weighted by atomic mass is 16.4. The lowest BCUT2D eigenvalue weighted by Crippen LogP contribution is -2.12. The molecule has 2 saturated carbocycles. The van der Waals surface area contributed by atoms with Crippen LogP contribution in [-0.2, 0) is 0 Å². The molecule has 1 heterocycles. The molecular formula is C11H13NO3. The van der Waals surface area contributed by atoms with Crippen LogP contribution in [0, 0.1) is 11.8 Å². The van der Waals surface area contributed by atoms with Crippen molar-refractivity contribution in [3.63, 3.8) is 0 Å². The van der Waals surface area contributed by atoms with Gasteiger partial charge in [0, 0.05) is 5.92 Å². The zero-order chi connectivity index (χ0) is 10.4. The Balaban J connectivity index is 1.93. The number of fused-ring (bicyclic) bond motifs is 2. The molecule has 4 nitrogen and oxygen atoms in total. The highest BCUT2D eigenvalue weighted by molar-refractivity contribution is 5.86. The summed E-state index contributed by atoms with van der Waals surface area (Å²) in [6.07, 6.45) is 6.10. The summed E-state index contributed by atoms with van der Waals surface area (Å²) in [6, 6.07) is 0. The summed E-state index contributed by atoms with van der Waals surface area (Å²) >= 11 is 0. The minimum atomic E-state index is -0.971. The third-order valence-corrected chi connectivity index (χ3v) is 3.87. The number of oxazole rings is 1. The van der Waals surface area contributed by atoms with E-state index in [9.17, 15) is 4.79 Å². The molecule has 3 atom stereocenters. The molecule has 2 fully saturated rings. The first kappa shape index (κ1) is 8.95. The molecule has 2 bridgehead atoms. The molecule has 0 spiro atoms. The summed E-state index contributed by atoms with van der Waals surface area (Å²) in [5.74, 6) is 1.35. The van der Waals surface area contributed by atoms with Gasteiger partial charge < -0.3 is 9.52 Å². The minimum absolute atomic E-state index is 0.118. The van der Waals surface area contributed by atoms with Gasteiger partial charge in [-0.15, -0.1) is 0 Å². The van der Waals surface area contributed by atoms with Crippen molar-refractivity contribution < 1.29 is 14.3 Å². The van der Waals surface area contributed by atoms with Gasteiger partial charge in [0.15, 0.2) is 12.1 Å². The maximum absolute atomic E-state index is 10.9. The van der Waals surface area contributed by atoms with Crippen molar-refractivity contribution in [1.29, 1.82) is 0 Å². The SMILES string of the molecule is O=C(O)c1ncoc1C1CC2CCC1C2. The van der Waals surface area contributed by atoms with E-state index in [0.717, 1.165) is 12.3 Å². The van der Waals surface area contributed by atoms with E-state index in [0.29, 0.717) is 17.6 Å². The maximum atomic E-state index is 10.9. The molecule has 2 aliphatic carbocycles. The minimum Gasteiger partial charge on any atom is -0.476 e. The van der Waals surface area contributed by atoms with Crippen molar-refractivity contribution in [2.45, 2.75) is 31.6 Å². The quantitative estimate of drug-likeness (QED) is 0.808. The van der Waals surface area contributed by atoms with Crippen LogP contribution in [0.2, 0.25) is 0 Å². The highest BCUT2D eigenvalue weighted by Gasteiger charge is 2.43. The van der Waals surface area contributed by atoms with Crippen molar-refractivity contribution in [3.8, 4) is 0 Å². The van der Waals surface area contributed by atoms with Gasteiger partial charge in [0.1, 0.15) is 5.76 Å². The van der Waals surface area contributed by atoms with Crippen molar-refractivity contribution in [2.24, 2.45) is 11.8 Å². The third-order valence-electron chi connectivity index (χ3n) is 3.87. The van der Waals surface area contributed by atoms with Crippen LogP contribution in [-0.4, -0.2) is 16.1 Å². The Kier molecular flexibility index (Phi) is 1.84. The molecular weight excluding hydrogens is 194 g/mol. The van der Waals surface area contributed by atoms with Crippen LogP contribution in [0.3, 0.4) is 0 Å². The lowest BCUT2D eigenvalue weighted by Gasteiger charge is -2.19. The Bertz CT molecular complexity index is 398. The van der Waals surface area contributed by atoms with Gasteiger partial charge in [0.25, 0.3) is 0 Å². The fourth-order valence-electron chi connectivity index (χ4n) is 3.24. The second kappa shape index (κ2) is 3.08. The molecule has 0 amide bonds. The Labute approximate surface area is 87.3 Å². The molecule has 0 aliphatic heterocycles. The number of hydrogen-bond donors (Lipinski definition) is 1. The van der Waals surface area contributed by atoms with Gasteiger partial charge >= 0.3 is 5.97 Å². The number of aromatic carboxylic acids is 1. The third kappa shape index (κ3) is 1.28. The van der Waals surface area contributed by atoms with Crippen LogP contribution in [0.5, 0.6) is 0 Å². The predicted molar refractivity (Wildman–Crippen MR) is 51.7 cm³/mol. The van der Waals surface area contributed by atoms with Crippen LogP contribution in [0.4, 0.5) is 0 Å². The summed E-state index contributed by atoms with van der Waals surface area (Å²) < 4.78 is 5.27. The number of carbonyl (C=O) groups is 1. The van der Waals surface area contributed by atoms with Crippen molar-refractivity contribution in [2.75, 3.05) is 0 Å². The molecule has 0 saturated heterocycles. The van der Waals surface area contributed by atoms with Gasteiger partial charge in [0.05, 0.1) is 0 Å². The van der Waals surface area contributed by atoms with Gasteiger partial charge in [0.2, 0.25) is 0 Å². The van der Waals surface area contributed by atoms with E-state index in [1.807, 2.05) is 0 Å². The van der Waals surface area contributed by atoms with Crippen molar-refractivity contribution in [1.82, 2.24) is 4.98 Å². The Hall–Kier alpha value is -1.32. The largest absolute Gasteiger partial charge is 0.476 e. The zero-order valence-electron chi connectivity index (χ0n) is 8.35. The fourth-order valence-corrected chi connectivity index (χ4v) is 3.24. The second-order valence-corrected chi connectivity index (χ2v) is 4.65. The lowest BCUT2D eigenvalue weighted by molar-refractivity contribution is 0.0687. The molecule has 15 heavy (non-hydrogen) atoms. The predicted octanol–water partition coefficient (Wildman–Crippen LogP) is 2.28. The van der Waals surface area contributed by atoms with E-state index in [1.165, 1.54) is 25.7 Å². The number of nitrogens with zero attached hydrogens (tertiary/aromatic N) is 1. The topological polar surface area (TPSA) is 63.3 Å². The smallest absolute Gasteiger partial charge is 0.358 e. The first-order valence-electron chi connectivity index (χ1n) is 5.42. The summed E-state index contributed by atoms with van der Waals surface area (Å²) in [5.41, 5.74) is 0.118. The second-order valence-electron chi connectivity index (χ2n) is 4.65. The van der Waals surface area contributed by atoms with E-state index >= 15 is 0 Å². The first-order chi connectivity index (χ1) is 7.25. The van der Waals surface area contributed by atoms with Crippen LogP contribution in [0.1, 0.15) is 47.8 Å². The summed E-state index contributed by atoms with van der Waals surface area (Å²) in [7, 11) is 0. The summed E-state index contributed by atoms with van der Waals surface area (Å²) in [6.45, 7) is 0. The molecule has 3 rings (SSSR count). The normalized spacial score (nSPS) is 33.5. The van der Waals surface area contributed by atoms with Gasteiger partial charge in [-0.3, -0.25) is 0 Å². The molecule has 0 aromatic carbocycles. The standard InChI is InChI=1S/C11H13NO3/c13-11(14)9-10(15-5-12-9)8-4-6-1-2-7(8)3-6/h5-8H,1-4H2,(H,13,14). The average Bonchev–Trinajstić information content (AvgIpc) is 2.92. The fraction of sp³-hybridized carbons (Fsp3) is 0.636. The van der Waals surface area contributed by atoms with Crippen LogP contribution in [0.25, 0.3) is 0 Å². The van der Waals surface area contributed by atoms with Crippen LogP contribution in [0.15, 0.2) is 10.8 Å². The maximum Gasteiger partial charge on any atom is 0.358 e. The molecule has 3 unspecified atom stereocenters. The Morgan fingerprint density at radius 3 is 2.93 bits per heavy atom. The molecule has 0 radical (unpaired) electrons. The van der Waals surface area contributed by atoms with E-state index in [2.05, 4.69) is 4.98 Å². The van der Waals surface area contributed by atoms with E-state index in [-0.39, 0.29) is 5.69 Å². The Morgan fingerprint density at radius 1 is 1.47 bits per heavy atom.